The summed E-state index contributed by atoms with van der Waals surface area (Å²) in [5.74, 6) is 2.23. The molecule has 5 rings (SSSR count). The van der Waals surface area contributed by atoms with E-state index in [9.17, 15) is 15.0 Å². The Labute approximate surface area is 252 Å². The number of carbonyl (C=O) groups is 1. The molecule has 7 nitrogen and oxygen atoms in total. The van der Waals surface area contributed by atoms with Gasteiger partial charge >= 0.3 is 6.09 Å². The maximum Gasteiger partial charge on any atom is 0.407 e. The Bertz CT molecular complexity index is 1180. The van der Waals surface area contributed by atoms with Crippen LogP contribution >= 0.6 is 0 Å². The summed E-state index contributed by atoms with van der Waals surface area (Å²) in [6, 6.07) is 0. The lowest BCUT2D eigenvalue weighted by Gasteiger charge is -2.42. The van der Waals surface area contributed by atoms with E-state index >= 15 is 0 Å². The third-order valence-corrected chi connectivity index (χ3v) is 11.0. The molecular formula is C35H53N3O4. The lowest BCUT2D eigenvalue weighted by atomic mass is 9.62. The normalized spacial score (nSPS) is 33.0. The number of aromatic amines is 1. The van der Waals surface area contributed by atoms with Crippen molar-refractivity contribution in [1.82, 2.24) is 15.3 Å². The largest absolute Gasteiger partial charge is 0.445 e. The third kappa shape index (κ3) is 6.42. The van der Waals surface area contributed by atoms with Gasteiger partial charge in [-0.3, -0.25) is 0 Å². The highest BCUT2D eigenvalue weighted by Crippen LogP contribution is 2.59. The maximum atomic E-state index is 12.6. The molecule has 4 aliphatic rings. The fourth-order valence-electron chi connectivity index (χ4n) is 8.45. The smallest absolute Gasteiger partial charge is 0.407 e. The second-order valence-electron chi connectivity index (χ2n) is 13.8. The average Bonchev–Trinajstić information content (AvgIpc) is 3.50. The number of rotatable bonds is 11. The first-order valence-corrected chi connectivity index (χ1v) is 16.6. The zero-order valence-corrected chi connectivity index (χ0v) is 26.1. The number of aromatic nitrogens is 2. The summed E-state index contributed by atoms with van der Waals surface area (Å²) < 4.78 is 6.10. The molecule has 0 radical (unpaired) electrons. The van der Waals surface area contributed by atoms with Gasteiger partial charge in [0.2, 0.25) is 0 Å². The van der Waals surface area contributed by atoms with Gasteiger partial charge in [0.1, 0.15) is 11.9 Å². The highest BCUT2D eigenvalue weighted by molar-refractivity contribution is 5.67. The molecule has 4 fully saturated rings. The first kappa shape index (κ1) is 31.1. The molecule has 1 aromatic heterocycles. The molecule has 4 aliphatic carbocycles. The van der Waals surface area contributed by atoms with Crippen LogP contribution in [0.2, 0.25) is 0 Å². The van der Waals surface area contributed by atoms with Crippen LogP contribution in [-0.4, -0.2) is 51.1 Å². The van der Waals surface area contributed by atoms with Gasteiger partial charge in [-0.05, 0) is 112 Å². The number of fused-ring (bicyclic) bond motifs is 1. The quantitative estimate of drug-likeness (QED) is 0.230. The van der Waals surface area contributed by atoms with E-state index in [2.05, 4.69) is 42.9 Å². The summed E-state index contributed by atoms with van der Waals surface area (Å²) in [7, 11) is 0. The van der Waals surface area contributed by atoms with Crippen molar-refractivity contribution in [3.8, 4) is 0 Å². The molecule has 0 aromatic carbocycles. The van der Waals surface area contributed by atoms with Crippen molar-refractivity contribution in [2.24, 2.45) is 17.3 Å². The Balaban J connectivity index is 1.25. The predicted octanol–water partition coefficient (Wildman–Crippen LogP) is 6.82. The monoisotopic (exact) mass is 579 g/mol. The lowest BCUT2D eigenvalue weighted by Crippen LogP contribution is -2.37. The summed E-state index contributed by atoms with van der Waals surface area (Å²) in [5.41, 5.74) is 4.54. The summed E-state index contributed by atoms with van der Waals surface area (Å²) in [6.45, 7) is 11.3. The first-order chi connectivity index (χ1) is 20.2. The number of nitrogens with one attached hydrogen (secondary N) is 2. The molecule has 0 bridgehead atoms. The Kier molecular flexibility index (Phi) is 9.68. The Hall–Kier alpha value is -2.38. The number of H-pyrrole nitrogens is 1. The highest BCUT2D eigenvalue weighted by atomic mass is 16.6. The van der Waals surface area contributed by atoms with Gasteiger partial charge in [0.25, 0.3) is 0 Å². The van der Waals surface area contributed by atoms with Crippen LogP contribution < -0.4 is 5.32 Å². The lowest BCUT2D eigenvalue weighted by molar-refractivity contribution is 0.0617. The number of hydrogen-bond acceptors (Lipinski definition) is 5. The zero-order chi connectivity index (χ0) is 29.9. The molecule has 1 aromatic rings. The number of aryl methyl sites for hydroxylation is 1. The van der Waals surface area contributed by atoms with Crippen molar-refractivity contribution in [2.45, 2.75) is 134 Å². The number of imidazole rings is 1. The standard InChI is InChI=1S/C35H53N3O4/c1-5-9-27-22-37-32(38-27)35(18-19-35)31(42-33(41)36-6-2)12-7-11-26-15-16-29-24(10-8-17-34(26,29)4)13-14-25-20-28(39)21-30(40)23(25)3/h13-14,22,26,28-31,39-40H,3,5-12,15-21H2,1-2,4H3,(H,36,41)(H,37,38)/b24-13+,25-14-. The van der Waals surface area contributed by atoms with Crippen LogP contribution in [0.3, 0.4) is 0 Å². The molecule has 0 spiro atoms. The van der Waals surface area contributed by atoms with Crippen LogP contribution in [0.1, 0.15) is 116 Å². The number of hydrogen-bond donors (Lipinski definition) is 4. The molecule has 0 aliphatic heterocycles. The van der Waals surface area contributed by atoms with Gasteiger partial charge < -0.3 is 25.3 Å². The number of nitrogens with zero attached hydrogens (tertiary/aromatic N) is 1. The van der Waals surface area contributed by atoms with Crippen molar-refractivity contribution in [3.05, 3.63) is 53.2 Å². The van der Waals surface area contributed by atoms with E-state index in [1.54, 1.807) is 0 Å². The minimum atomic E-state index is -0.646. The van der Waals surface area contributed by atoms with Crippen molar-refractivity contribution < 1.29 is 19.7 Å². The number of aliphatic hydroxyl groups excluding tert-OH is 2. The SMILES string of the molecule is C=C1/C(=C\C=C2/CCCC3(C)C(CCCC(OC(=O)NCC)C4(c5ncc(CCC)[nH]5)CC4)CCC23)CC(O)CC1O. The number of aliphatic hydroxyl groups is 2. The number of amides is 1. The van der Waals surface area contributed by atoms with Crippen LogP contribution in [0.25, 0.3) is 0 Å². The van der Waals surface area contributed by atoms with Gasteiger partial charge in [0.15, 0.2) is 0 Å². The second-order valence-corrected chi connectivity index (χ2v) is 13.8. The molecule has 1 amide bonds. The molecule has 42 heavy (non-hydrogen) atoms. The number of carbonyl (C=O) groups excluding carboxylic acids is 1. The number of alkyl carbamates (subject to hydrolysis) is 1. The van der Waals surface area contributed by atoms with E-state index in [0.717, 1.165) is 74.0 Å². The van der Waals surface area contributed by atoms with Crippen LogP contribution in [-0.2, 0) is 16.6 Å². The number of ether oxygens (including phenoxy) is 1. The van der Waals surface area contributed by atoms with Crippen molar-refractivity contribution in [2.75, 3.05) is 6.54 Å². The number of allylic oxidation sites excluding steroid dienone is 3. The molecule has 6 unspecified atom stereocenters. The van der Waals surface area contributed by atoms with Crippen LogP contribution in [0.5, 0.6) is 0 Å². The van der Waals surface area contributed by atoms with Crippen molar-refractivity contribution >= 4 is 6.09 Å². The highest BCUT2D eigenvalue weighted by Gasteiger charge is 2.55. The van der Waals surface area contributed by atoms with E-state index in [1.807, 2.05) is 13.1 Å². The Morgan fingerprint density at radius 3 is 2.81 bits per heavy atom. The summed E-state index contributed by atoms with van der Waals surface area (Å²) >= 11 is 0. The second kappa shape index (κ2) is 13.1. The minimum absolute atomic E-state index is 0.169. The van der Waals surface area contributed by atoms with E-state index < -0.39 is 12.2 Å². The van der Waals surface area contributed by atoms with Crippen molar-refractivity contribution in [3.63, 3.8) is 0 Å². The van der Waals surface area contributed by atoms with Crippen LogP contribution in [0.15, 0.2) is 41.6 Å². The fraction of sp³-hybridized carbons (Fsp3) is 0.714. The Morgan fingerprint density at radius 2 is 2.07 bits per heavy atom. The summed E-state index contributed by atoms with van der Waals surface area (Å²) in [4.78, 5) is 20.9. The van der Waals surface area contributed by atoms with E-state index in [4.69, 9.17) is 9.72 Å². The molecule has 4 saturated carbocycles. The molecule has 0 saturated heterocycles. The van der Waals surface area contributed by atoms with Gasteiger partial charge in [-0.15, -0.1) is 0 Å². The molecule has 232 valence electrons. The van der Waals surface area contributed by atoms with E-state index in [-0.39, 0.29) is 23.0 Å². The Morgan fingerprint density at radius 1 is 1.26 bits per heavy atom. The average molecular weight is 580 g/mol. The zero-order valence-electron chi connectivity index (χ0n) is 26.1. The summed E-state index contributed by atoms with van der Waals surface area (Å²) in [5, 5.41) is 23.3. The van der Waals surface area contributed by atoms with Crippen LogP contribution in [0, 0.1) is 17.3 Å². The molecule has 6 atom stereocenters. The molecular weight excluding hydrogens is 526 g/mol. The van der Waals surface area contributed by atoms with Gasteiger partial charge in [-0.25, -0.2) is 9.78 Å². The minimum Gasteiger partial charge on any atom is -0.445 e. The predicted molar refractivity (Wildman–Crippen MR) is 166 cm³/mol. The fourth-order valence-corrected chi connectivity index (χ4v) is 8.45. The topological polar surface area (TPSA) is 107 Å². The third-order valence-electron chi connectivity index (χ3n) is 11.0. The molecule has 1 heterocycles. The first-order valence-electron chi connectivity index (χ1n) is 16.6. The summed E-state index contributed by atoms with van der Waals surface area (Å²) in [6.07, 6.45) is 18.9. The van der Waals surface area contributed by atoms with Gasteiger partial charge in [-0.2, -0.15) is 0 Å². The van der Waals surface area contributed by atoms with Gasteiger partial charge in [0, 0.05) is 24.9 Å². The molecule has 4 N–H and O–H groups in total. The van der Waals surface area contributed by atoms with Crippen molar-refractivity contribution in [1.29, 1.82) is 0 Å². The van der Waals surface area contributed by atoms with Gasteiger partial charge in [-0.1, -0.05) is 44.6 Å². The maximum absolute atomic E-state index is 12.6. The van der Waals surface area contributed by atoms with E-state index in [1.165, 1.54) is 31.3 Å². The molecule has 7 heteroatoms. The van der Waals surface area contributed by atoms with Crippen LogP contribution in [0.4, 0.5) is 4.79 Å². The van der Waals surface area contributed by atoms with Gasteiger partial charge in [0.05, 0.1) is 17.6 Å². The van der Waals surface area contributed by atoms with E-state index in [0.29, 0.717) is 31.2 Å².